The van der Waals surface area contributed by atoms with Gasteiger partial charge in [-0.25, -0.2) is 9.78 Å². The number of nitrogens with one attached hydrogen (secondary N) is 1. The number of carboxylic acid groups (broad SMARTS) is 1. The standard InChI is InChI=1S/C24H17BrN2O3/c25-18-10-11-21-19(12-18)20(13-22(27-21)16-4-2-1-3-5-16)23(28)26-14-15-6-8-17(9-7-15)24(29)30/h1-13H,14H2,(H,26,28)(H,29,30). The number of nitrogens with zero attached hydrogens (tertiary/aromatic N) is 1. The molecule has 0 spiro atoms. The van der Waals surface area contributed by atoms with Gasteiger partial charge in [0.2, 0.25) is 0 Å². The van der Waals surface area contributed by atoms with Crippen molar-refractivity contribution in [3.8, 4) is 11.3 Å². The molecule has 5 nitrogen and oxygen atoms in total. The Morgan fingerprint density at radius 1 is 0.933 bits per heavy atom. The molecule has 0 aliphatic carbocycles. The molecule has 3 aromatic carbocycles. The van der Waals surface area contributed by atoms with Gasteiger partial charge in [0.15, 0.2) is 0 Å². The lowest BCUT2D eigenvalue weighted by molar-refractivity contribution is 0.0696. The first-order valence-electron chi connectivity index (χ1n) is 9.27. The van der Waals surface area contributed by atoms with E-state index in [4.69, 9.17) is 10.1 Å². The Kier molecular flexibility index (Phi) is 5.59. The fourth-order valence-electron chi connectivity index (χ4n) is 3.19. The van der Waals surface area contributed by atoms with Crippen molar-refractivity contribution in [2.24, 2.45) is 0 Å². The summed E-state index contributed by atoms with van der Waals surface area (Å²) in [5.41, 5.74) is 3.94. The van der Waals surface area contributed by atoms with E-state index in [1.807, 2.05) is 48.5 Å². The highest BCUT2D eigenvalue weighted by Gasteiger charge is 2.14. The largest absolute Gasteiger partial charge is 0.478 e. The molecule has 0 saturated carbocycles. The van der Waals surface area contributed by atoms with Gasteiger partial charge in [-0.1, -0.05) is 58.4 Å². The van der Waals surface area contributed by atoms with Gasteiger partial charge in [-0.05, 0) is 42.0 Å². The van der Waals surface area contributed by atoms with Gasteiger partial charge in [-0.15, -0.1) is 0 Å². The molecule has 1 heterocycles. The number of aromatic carboxylic acids is 1. The van der Waals surface area contributed by atoms with E-state index in [-0.39, 0.29) is 18.0 Å². The van der Waals surface area contributed by atoms with Crippen molar-refractivity contribution in [1.82, 2.24) is 10.3 Å². The zero-order valence-corrected chi connectivity index (χ0v) is 17.4. The molecular weight excluding hydrogens is 444 g/mol. The van der Waals surface area contributed by atoms with Crippen LogP contribution in [0, 0.1) is 0 Å². The van der Waals surface area contributed by atoms with E-state index in [9.17, 15) is 9.59 Å². The minimum atomic E-state index is -0.979. The third-order valence-electron chi connectivity index (χ3n) is 4.74. The maximum absolute atomic E-state index is 13.1. The van der Waals surface area contributed by atoms with Crippen LogP contribution in [-0.4, -0.2) is 22.0 Å². The van der Waals surface area contributed by atoms with Crippen molar-refractivity contribution in [2.45, 2.75) is 6.54 Å². The molecule has 0 aliphatic heterocycles. The number of carbonyl (C=O) groups is 2. The molecule has 0 aliphatic rings. The molecule has 4 aromatic rings. The summed E-state index contributed by atoms with van der Waals surface area (Å²) in [5, 5.41) is 12.7. The van der Waals surface area contributed by atoms with Crippen molar-refractivity contribution < 1.29 is 14.7 Å². The fraction of sp³-hybridized carbons (Fsp3) is 0.0417. The van der Waals surface area contributed by atoms with Crippen molar-refractivity contribution in [3.05, 3.63) is 100 Å². The van der Waals surface area contributed by atoms with Gasteiger partial charge in [0.05, 0.1) is 22.3 Å². The van der Waals surface area contributed by atoms with Crippen molar-refractivity contribution in [2.75, 3.05) is 0 Å². The third-order valence-corrected chi connectivity index (χ3v) is 5.23. The molecule has 4 rings (SSSR count). The number of carbonyl (C=O) groups excluding carboxylic acids is 1. The minimum Gasteiger partial charge on any atom is -0.478 e. The lowest BCUT2D eigenvalue weighted by Gasteiger charge is -2.11. The molecule has 2 N–H and O–H groups in total. The zero-order valence-electron chi connectivity index (χ0n) is 15.8. The molecule has 6 heteroatoms. The molecular formula is C24H17BrN2O3. The first kappa shape index (κ1) is 19.8. The van der Waals surface area contributed by atoms with Gasteiger partial charge >= 0.3 is 5.97 Å². The van der Waals surface area contributed by atoms with Gasteiger partial charge < -0.3 is 10.4 Å². The Labute approximate surface area is 181 Å². The number of rotatable bonds is 5. The Bertz CT molecular complexity index is 1240. The van der Waals surface area contributed by atoms with E-state index in [1.165, 1.54) is 12.1 Å². The second-order valence-electron chi connectivity index (χ2n) is 6.77. The van der Waals surface area contributed by atoms with Crippen LogP contribution >= 0.6 is 15.9 Å². The molecule has 0 atom stereocenters. The fourth-order valence-corrected chi connectivity index (χ4v) is 3.55. The Hall–Kier alpha value is -3.51. The van der Waals surface area contributed by atoms with Gasteiger partial charge in [-0.2, -0.15) is 0 Å². The maximum Gasteiger partial charge on any atom is 0.335 e. The van der Waals surface area contributed by atoms with E-state index in [2.05, 4.69) is 21.2 Å². The number of halogens is 1. The minimum absolute atomic E-state index is 0.211. The molecule has 30 heavy (non-hydrogen) atoms. The lowest BCUT2D eigenvalue weighted by Crippen LogP contribution is -2.23. The SMILES string of the molecule is O=C(O)c1ccc(CNC(=O)c2cc(-c3ccccc3)nc3ccc(Br)cc23)cc1. The van der Waals surface area contributed by atoms with Crippen LogP contribution in [0.25, 0.3) is 22.2 Å². The monoisotopic (exact) mass is 460 g/mol. The van der Waals surface area contributed by atoms with Crippen LogP contribution < -0.4 is 5.32 Å². The van der Waals surface area contributed by atoms with Gasteiger partial charge in [0.25, 0.3) is 5.91 Å². The van der Waals surface area contributed by atoms with Crippen LogP contribution in [-0.2, 0) is 6.54 Å². The summed E-state index contributed by atoms with van der Waals surface area (Å²) >= 11 is 3.47. The molecule has 0 saturated heterocycles. The Morgan fingerprint density at radius 2 is 1.67 bits per heavy atom. The predicted molar refractivity (Wildman–Crippen MR) is 119 cm³/mol. The van der Waals surface area contributed by atoms with Crippen LogP contribution in [0.4, 0.5) is 0 Å². The van der Waals surface area contributed by atoms with Crippen molar-refractivity contribution in [1.29, 1.82) is 0 Å². The summed E-state index contributed by atoms with van der Waals surface area (Å²) in [6, 6.07) is 23.6. The second kappa shape index (κ2) is 8.47. The molecule has 148 valence electrons. The summed E-state index contributed by atoms with van der Waals surface area (Å²) < 4.78 is 0.863. The summed E-state index contributed by atoms with van der Waals surface area (Å²) in [5.74, 6) is -1.20. The number of benzene rings is 3. The average molecular weight is 461 g/mol. The molecule has 0 unspecified atom stereocenters. The highest BCUT2D eigenvalue weighted by Crippen LogP contribution is 2.27. The number of pyridine rings is 1. The van der Waals surface area contributed by atoms with E-state index in [1.54, 1.807) is 18.2 Å². The van der Waals surface area contributed by atoms with Gasteiger partial charge in [-0.3, -0.25) is 4.79 Å². The number of aromatic nitrogens is 1. The number of carboxylic acids is 1. The van der Waals surface area contributed by atoms with Crippen LogP contribution in [0.3, 0.4) is 0 Å². The molecule has 1 amide bonds. The number of hydrogen-bond donors (Lipinski definition) is 2. The maximum atomic E-state index is 13.1. The Balaban J connectivity index is 1.66. The summed E-state index contributed by atoms with van der Waals surface area (Å²) in [6.45, 7) is 0.289. The predicted octanol–water partition coefficient (Wildman–Crippen LogP) is 5.29. The Morgan fingerprint density at radius 3 is 2.37 bits per heavy atom. The van der Waals surface area contributed by atoms with E-state index < -0.39 is 5.97 Å². The molecule has 0 bridgehead atoms. The highest BCUT2D eigenvalue weighted by molar-refractivity contribution is 9.10. The molecule has 0 fully saturated rings. The highest BCUT2D eigenvalue weighted by atomic mass is 79.9. The zero-order chi connectivity index (χ0) is 21.1. The van der Waals surface area contributed by atoms with Crippen molar-refractivity contribution in [3.63, 3.8) is 0 Å². The average Bonchev–Trinajstić information content (AvgIpc) is 2.77. The molecule has 1 aromatic heterocycles. The topological polar surface area (TPSA) is 79.3 Å². The van der Waals surface area contributed by atoms with E-state index in [0.717, 1.165) is 32.2 Å². The summed E-state index contributed by atoms with van der Waals surface area (Å²) in [4.78, 5) is 28.8. The van der Waals surface area contributed by atoms with E-state index >= 15 is 0 Å². The summed E-state index contributed by atoms with van der Waals surface area (Å²) in [7, 11) is 0. The van der Waals surface area contributed by atoms with Gasteiger partial charge in [0.1, 0.15) is 0 Å². The summed E-state index contributed by atoms with van der Waals surface area (Å²) in [6.07, 6.45) is 0. The van der Waals surface area contributed by atoms with Crippen LogP contribution in [0.5, 0.6) is 0 Å². The van der Waals surface area contributed by atoms with Crippen molar-refractivity contribution >= 4 is 38.7 Å². The second-order valence-corrected chi connectivity index (χ2v) is 7.68. The third kappa shape index (κ3) is 4.23. The number of amides is 1. The quantitative estimate of drug-likeness (QED) is 0.423. The first-order chi connectivity index (χ1) is 14.5. The van der Waals surface area contributed by atoms with Crippen LogP contribution in [0.2, 0.25) is 0 Å². The number of fused-ring (bicyclic) bond motifs is 1. The molecule has 0 radical (unpaired) electrons. The normalized spacial score (nSPS) is 10.7. The van der Waals surface area contributed by atoms with Crippen LogP contribution in [0.15, 0.2) is 83.3 Å². The lowest BCUT2D eigenvalue weighted by atomic mass is 10.0. The van der Waals surface area contributed by atoms with Gasteiger partial charge in [0, 0.05) is 22.0 Å². The first-order valence-corrected chi connectivity index (χ1v) is 10.1. The smallest absolute Gasteiger partial charge is 0.335 e. The van der Waals surface area contributed by atoms with Crippen LogP contribution in [0.1, 0.15) is 26.3 Å². The van der Waals surface area contributed by atoms with E-state index in [0.29, 0.717) is 5.56 Å². The number of hydrogen-bond acceptors (Lipinski definition) is 3.